The van der Waals surface area contributed by atoms with Gasteiger partial charge in [0.1, 0.15) is 12.3 Å². The summed E-state index contributed by atoms with van der Waals surface area (Å²) in [5.41, 5.74) is 1.90. The Morgan fingerprint density at radius 3 is 2.50 bits per heavy atom. The van der Waals surface area contributed by atoms with Gasteiger partial charge in [0, 0.05) is 31.9 Å². The van der Waals surface area contributed by atoms with Crippen molar-refractivity contribution in [3.63, 3.8) is 0 Å². The lowest BCUT2D eigenvalue weighted by Crippen LogP contribution is -2.51. The van der Waals surface area contributed by atoms with Gasteiger partial charge in [-0.15, -0.1) is 0 Å². The molecule has 2 aliphatic rings. The van der Waals surface area contributed by atoms with Crippen LogP contribution >= 0.6 is 27.7 Å². The molecule has 2 aromatic rings. The van der Waals surface area contributed by atoms with Crippen LogP contribution in [0.5, 0.6) is 5.75 Å². The normalized spacial score (nSPS) is 17.6. The molecular weight excluding hydrogens is 518 g/mol. The third-order valence-corrected chi connectivity index (χ3v) is 7.16. The van der Waals surface area contributed by atoms with Gasteiger partial charge in [-0.3, -0.25) is 19.3 Å². The predicted octanol–water partition coefficient (Wildman–Crippen LogP) is 4.62. The first-order valence-corrected chi connectivity index (χ1v) is 12.8. The first-order valence-electron chi connectivity index (χ1n) is 11.2. The molecular formula is C25H26BrN3O4S. The first-order chi connectivity index (χ1) is 16.5. The molecule has 0 unspecified atom stereocenters. The SMILES string of the molecule is CCCOc1ccc(/C=C2\SC(=O)N(CC(=O)N3CCN(c4ccccc4)CC3)C2=O)cc1Br. The van der Waals surface area contributed by atoms with Gasteiger partial charge in [0.2, 0.25) is 5.91 Å². The molecule has 7 nitrogen and oxygen atoms in total. The van der Waals surface area contributed by atoms with Gasteiger partial charge in [-0.05, 0) is 70.0 Å². The van der Waals surface area contributed by atoms with Gasteiger partial charge in [-0.2, -0.15) is 0 Å². The third-order valence-electron chi connectivity index (χ3n) is 5.64. The number of benzene rings is 2. The van der Waals surface area contributed by atoms with Gasteiger partial charge < -0.3 is 14.5 Å². The van der Waals surface area contributed by atoms with Gasteiger partial charge in [0.05, 0.1) is 16.0 Å². The standard InChI is InChI=1S/C25H26BrN3O4S/c1-2-14-33-21-9-8-18(15-20(21)26)16-22-24(31)29(25(32)34-22)17-23(30)28-12-10-27(11-13-28)19-6-4-3-5-7-19/h3-9,15-16H,2,10-14,17H2,1H3/b22-16-. The van der Waals surface area contributed by atoms with Crippen LogP contribution in [0.3, 0.4) is 0 Å². The number of piperazine rings is 1. The number of anilines is 1. The molecule has 0 atom stereocenters. The molecule has 2 heterocycles. The summed E-state index contributed by atoms with van der Waals surface area (Å²) in [5, 5.41) is -0.422. The number of para-hydroxylation sites is 1. The van der Waals surface area contributed by atoms with E-state index in [-0.39, 0.29) is 12.5 Å². The molecule has 0 spiro atoms. The first kappa shape index (κ1) is 24.3. The van der Waals surface area contributed by atoms with E-state index in [9.17, 15) is 14.4 Å². The Balaban J connectivity index is 1.36. The summed E-state index contributed by atoms with van der Waals surface area (Å²) in [6.07, 6.45) is 2.57. The maximum absolute atomic E-state index is 12.9. The third kappa shape index (κ3) is 5.64. The molecule has 0 N–H and O–H groups in total. The molecule has 34 heavy (non-hydrogen) atoms. The molecule has 0 saturated carbocycles. The fourth-order valence-corrected chi connectivity index (χ4v) is 5.16. The van der Waals surface area contributed by atoms with E-state index in [0.717, 1.165) is 44.6 Å². The molecule has 178 valence electrons. The molecule has 3 amide bonds. The smallest absolute Gasteiger partial charge is 0.294 e. The lowest BCUT2D eigenvalue weighted by atomic mass is 10.2. The highest BCUT2D eigenvalue weighted by Gasteiger charge is 2.37. The highest BCUT2D eigenvalue weighted by Crippen LogP contribution is 2.34. The second-order valence-electron chi connectivity index (χ2n) is 8.01. The molecule has 0 aromatic heterocycles. The zero-order valence-electron chi connectivity index (χ0n) is 18.9. The van der Waals surface area contributed by atoms with Gasteiger partial charge in [0.25, 0.3) is 11.1 Å². The second kappa shape index (κ2) is 11.1. The molecule has 0 aliphatic carbocycles. The van der Waals surface area contributed by atoms with Crippen LogP contribution in [0, 0.1) is 0 Å². The summed E-state index contributed by atoms with van der Waals surface area (Å²) < 4.78 is 6.43. The van der Waals surface area contributed by atoms with E-state index in [1.807, 2.05) is 43.3 Å². The van der Waals surface area contributed by atoms with Crippen molar-refractivity contribution in [1.82, 2.24) is 9.80 Å². The monoisotopic (exact) mass is 543 g/mol. The topological polar surface area (TPSA) is 70.2 Å². The largest absolute Gasteiger partial charge is 0.492 e. The van der Waals surface area contributed by atoms with E-state index in [1.54, 1.807) is 11.0 Å². The fraction of sp³-hybridized carbons (Fsp3) is 0.320. The van der Waals surface area contributed by atoms with E-state index in [0.29, 0.717) is 37.7 Å². The van der Waals surface area contributed by atoms with Crippen molar-refractivity contribution in [1.29, 1.82) is 0 Å². The van der Waals surface area contributed by atoms with Crippen molar-refractivity contribution < 1.29 is 19.1 Å². The summed E-state index contributed by atoms with van der Waals surface area (Å²) in [7, 11) is 0. The summed E-state index contributed by atoms with van der Waals surface area (Å²) in [6, 6.07) is 15.6. The number of amides is 3. The molecule has 0 radical (unpaired) electrons. The maximum atomic E-state index is 12.9. The summed E-state index contributed by atoms with van der Waals surface area (Å²) in [4.78, 5) is 43.5. The highest BCUT2D eigenvalue weighted by atomic mass is 79.9. The number of halogens is 1. The molecule has 2 aromatic carbocycles. The van der Waals surface area contributed by atoms with E-state index in [1.165, 1.54) is 0 Å². The van der Waals surface area contributed by atoms with E-state index in [4.69, 9.17) is 4.74 Å². The minimum Gasteiger partial charge on any atom is -0.492 e. The zero-order valence-corrected chi connectivity index (χ0v) is 21.3. The molecule has 9 heteroatoms. The number of thioether (sulfide) groups is 1. The molecule has 0 bridgehead atoms. The van der Waals surface area contributed by atoms with Crippen LogP contribution in [-0.4, -0.2) is 66.2 Å². The molecule has 2 saturated heterocycles. The molecule has 2 aliphatic heterocycles. The molecule has 2 fully saturated rings. The van der Waals surface area contributed by atoms with Crippen LogP contribution in [0.2, 0.25) is 0 Å². The van der Waals surface area contributed by atoms with E-state index in [2.05, 4.69) is 33.0 Å². The van der Waals surface area contributed by atoms with Crippen LogP contribution in [0.15, 0.2) is 57.9 Å². The Hall–Kier alpha value is -2.78. The summed E-state index contributed by atoms with van der Waals surface area (Å²) in [5.74, 6) is 0.0789. The maximum Gasteiger partial charge on any atom is 0.294 e. The Bertz CT molecular complexity index is 1100. The van der Waals surface area contributed by atoms with Crippen molar-refractivity contribution in [2.45, 2.75) is 13.3 Å². The van der Waals surface area contributed by atoms with Gasteiger partial charge >= 0.3 is 0 Å². The van der Waals surface area contributed by atoms with Crippen LogP contribution < -0.4 is 9.64 Å². The minimum atomic E-state index is -0.436. The van der Waals surface area contributed by atoms with Gasteiger partial charge in [-0.25, -0.2) is 0 Å². The summed E-state index contributed by atoms with van der Waals surface area (Å²) in [6.45, 7) is 4.95. The Morgan fingerprint density at radius 2 is 1.82 bits per heavy atom. The fourth-order valence-electron chi connectivity index (χ4n) is 3.81. The lowest BCUT2D eigenvalue weighted by molar-refractivity contribution is -0.136. The van der Waals surface area contributed by atoms with Crippen molar-refractivity contribution in [3.8, 4) is 5.75 Å². The Kier molecular flexibility index (Phi) is 7.95. The number of ether oxygens (including phenoxy) is 1. The van der Waals surface area contributed by atoms with Crippen molar-refractivity contribution in [3.05, 3.63) is 63.5 Å². The van der Waals surface area contributed by atoms with Crippen LogP contribution in [0.25, 0.3) is 6.08 Å². The number of imide groups is 1. The van der Waals surface area contributed by atoms with Crippen LogP contribution in [-0.2, 0) is 9.59 Å². The predicted molar refractivity (Wildman–Crippen MR) is 138 cm³/mol. The van der Waals surface area contributed by atoms with Crippen molar-refractivity contribution in [2.75, 3.05) is 44.2 Å². The quantitative estimate of drug-likeness (QED) is 0.474. The highest BCUT2D eigenvalue weighted by molar-refractivity contribution is 9.10. The number of carbonyl (C=O) groups is 3. The minimum absolute atomic E-state index is 0.212. The lowest BCUT2D eigenvalue weighted by Gasteiger charge is -2.36. The van der Waals surface area contributed by atoms with Gasteiger partial charge in [-0.1, -0.05) is 31.2 Å². The Labute approximate surface area is 211 Å². The van der Waals surface area contributed by atoms with E-state index >= 15 is 0 Å². The second-order valence-corrected chi connectivity index (χ2v) is 9.86. The van der Waals surface area contributed by atoms with Crippen molar-refractivity contribution in [2.24, 2.45) is 0 Å². The Morgan fingerprint density at radius 1 is 1.09 bits per heavy atom. The number of nitrogens with zero attached hydrogens (tertiary/aromatic N) is 3. The number of hydrogen-bond donors (Lipinski definition) is 0. The molecule has 4 rings (SSSR count). The van der Waals surface area contributed by atoms with Crippen LogP contribution in [0.4, 0.5) is 10.5 Å². The average molecular weight is 544 g/mol. The van der Waals surface area contributed by atoms with E-state index < -0.39 is 11.1 Å². The number of carbonyl (C=O) groups excluding carboxylic acids is 3. The zero-order chi connectivity index (χ0) is 24.1. The summed E-state index contributed by atoms with van der Waals surface area (Å²) >= 11 is 4.34. The average Bonchev–Trinajstić information content (AvgIpc) is 3.11. The van der Waals surface area contributed by atoms with Gasteiger partial charge in [0.15, 0.2) is 0 Å². The van der Waals surface area contributed by atoms with Crippen molar-refractivity contribution >= 4 is 56.5 Å². The van der Waals surface area contributed by atoms with Crippen LogP contribution in [0.1, 0.15) is 18.9 Å². The number of rotatable bonds is 7. The number of hydrogen-bond acceptors (Lipinski definition) is 6.